The molecule has 188 valence electrons. The number of anilines is 2. The lowest BCUT2D eigenvalue weighted by Gasteiger charge is -2.34. The number of aryl methyl sites for hydroxylation is 1. The number of aliphatic hydroxyl groups is 2. The van der Waals surface area contributed by atoms with Crippen molar-refractivity contribution in [3.8, 4) is 11.3 Å². The highest BCUT2D eigenvalue weighted by atomic mass is 16.3. The van der Waals surface area contributed by atoms with Crippen LogP contribution in [0.3, 0.4) is 0 Å². The van der Waals surface area contributed by atoms with Crippen LogP contribution in [-0.2, 0) is 13.6 Å². The first-order valence-electron chi connectivity index (χ1n) is 12.2. The van der Waals surface area contributed by atoms with E-state index in [1.54, 1.807) is 40.8 Å². The number of carbonyl (C=O) groups is 1. The Morgan fingerprint density at radius 1 is 1.22 bits per heavy atom. The van der Waals surface area contributed by atoms with E-state index in [0.717, 1.165) is 48.1 Å². The Hall–Kier alpha value is -3.76. The number of hydrogen-bond donors (Lipinski definition) is 3. The molecule has 10 nitrogen and oxygen atoms in total. The number of carbonyl (C=O) groups excluding carboxylic acids is 1. The maximum absolute atomic E-state index is 13.3. The minimum atomic E-state index is -0.511. The van der Waals surface area contributed by atoms with E-state index in [1.165, 1.54) is 0 Å². The van der Waals surface area contributed by atoms with Crippen molar-refractivity contribution in [3.63, 3.8) is 0 Å². The number of benzene rings is 1. The quantitative estimate of drug-likeness (QED) is 0.365. The minimum absolute atomic E-state index is 0.205. The maximum Gasteiger partial charge on any atom is 0.274 e. The number of fused-ring (bicyclic) bond motifs is 1. The first-order valence-corrected chi connectivity index (χ1v) is 12.2. The second kappa shape index (κ2) is 10.1. The Bertz CT molecular complexity index is 1370. The van der Waals surface area contributed by atoms with Gasteiger partial charge < -0.3 is 20.4 Å². The number of pyridine rings is 1. The SMILES string of the molecule is C[C@H](O)Cn1cc(-c2cccc(C(=O)Nc3cc4cn(C)nc4cc3N3CCC(CO)CC3)n2)cn1. The summed E-state index contributed by atoms with van der Waals surface area (Å²) in [4.78, 5) is 20.1. The van der Waals surface area contributed by atoms with Crippen molar-refractivity contribution in [2.24, 2.45) is 13.0 Å². The standard InChI is InChI=1S/C26H31N7O3/c1-17(35)13-33-15-20(12-27-33)21-4-3-5-22(28-21)26(36)29-24-10-19-14-31(2)30-23(19)11-25(24)32-8-6-18(16-34)7-9-32/h3-5,10-12,14-15,17-18,34-35H,6-9,13,16H2,1-2H3,(H,29,36)/t17-/m0/s1. The summed E-state index contributed by atoms with van der Waals surface area (Å²) in [5.41, 5.74) is 4.19. The van der Waals surface area contributed by atoms with Crippen molar-refractivity contribution < 1.29 is 15.0 Å². The Kier molecular flexibility index (Phi) is 6.71. The molecule has 1 aliphatic rings. The Labute approximate surface area is 209 Å². The summed E-state index contributed by atoms with van der Waals surface area (Å²) in [6.45, 7) is 3.90. The molecule has 0 unspecified atom stereocenters. The fraction of sp³-hybridized carbons (Fsp3) is 0.385. The van der Waals surface area contributed by atoms with E-state index < -0.39 is 6.10 Å². The summed E-state index contributed by atoms with van der Waals surface area (Å²) in [5, 5.41) is 32.0. The number of hydrogen-bond acceptors (Lipinski definition) is 7. The van der Waals surface area contributed by atoms with Crippen molar-refractivity contribution in [1.29, 1.82) is 0 Å². The third-order valence-corrected chi connectivity index (χ3v) is 6.56. The monoisotopic (exact) mass is 489 g/mol. The van der Waals surface area contributed by atoms with E-state index in [9.17, 15) is 15.0 Å². The van der Waals surface area contributed by atoms with Gasteiger partial charge in [-0.3, -0.25) is 14.2 Å². The highest BCUT2D eigenvalue weighted by Gasteiger charge is 2.23. The van der Waals surface area contributed by atoms with Gasteiger partial charge in [-0.25, -0.2) is 4.98 Å². The van der Waals surface area contributed by atoms with Gasteiger partial charge in [-0.1, -0.05) is 6.07 Å². The van der Waals surface area contributed by atoms with Crippen molar-refractivity contribution >= 4 is 28.2 Å². The molecule has 0 bridgehead atoms. The summed E-state index contributed by atoms with van der Waals surface area (Å²) >= 11 is 0. The number of aromatic nitrogens is 5. The third kappa shape index (κ3) is 5.09. The predicted molar refractivity (Wildman–Crippen MR) is 138 cm³/mol. The predicted octanol–water partition coefficient (Wildman–Crippen LogP) is 2.67. The first-order chi connectivity index (χ1) is 17.4. The summed E-state index contributed by atoms with van der Waals surface area (Å²) in [6.07, 6.45) is 6.70. The molecule has 1 aromatic carbocycles. The van der Waals surface area contributed by atoms with Crippen LogP contribution in [0.4, 0.5) is 11.4 Å². The van der Waals surface area contributed by atoms with Crippen molar-refractivity contribution in [2.75, 3.05) is 29.9 Å². The zero-order valence-electron chi connectivity index (χ0n) is 20.5. The summed E-state index contributed by atoms with van der Waals surface area (Å²) < 4.78 is 3.42. The molecule has 0 aliphatic carbocycles. The van der Waals surface area contributed by atoms with E-state index in [-0.39, 0.29) is 12.5 Å². The van der Waals surface area contributed by atoms with Crippen LogP contribution < -0.4 is 10.2 Å². The van der Waals surface area contributed by atoms with Crippen LogP contribution in [0, 0.1) is 5.92 Å². The summed E-state index contributed by atoms with van der Waals surface area (Å²) in [6, 6.07) is 9.30. The number of amides is 1. The summed E-state index contributed by atoms with van der Waals surface area (Å²) in [5.74, 6) is 0.0118. The molecule has 3 N–H and O–H groups in total. The van der Waals surface area contributed by atoms with Gasteiger partial charge in [0, 0.05) is 50.1 Å². The van der Waals surface area contributed by atoms with Crippen molar-refractivity contribution in [1.82, 2.24) is 24.5 Å². The van der Waals surface area contributed by atoms with E-state index in [4.69, 9.17) is 0 Å². The van der Waals surface area contributed by atoms with Crippen molar-refractivity contribution in [3.05, 3.63) is 54.6 Å². The zero-order chi connectivity index (χ0) is 25.2. The molecule has 5 rings (SSSR count). The maximum atomic E-state index is 13.3. The van der Waals surface area contributed by atoms with Crippen LogP contribution in [0.5, 0.6) is 0 Å². The number of rotatable bonds is 7. The van der Waals surface area contributed by atoms with Crippen LogP contribution in [0.15, 0.2) is 48.9 Å². The fourth-order valence-corrected chi connectivity index (χ4v) is 4.68. The van der Waals surface area contributed by atoms with E-state index in [0.29, 0.717) is 29.5 Å². The molecule has 4 heterocycles. The van der Waals surface area contributed by atoms with Gasteiger partial charge in [-0.15, -0.1) is 0 Å². The van der Waals surface area contributed by atoms with Crippen LogP contribution in [0.2, 0.25) is 0 Å². The Morgan fingerprint density at radius 2 is 2.03 bits per heavy atom. The van der Waals surface area contributed by atoms with Crippen LogP contribution in [0.25, 0.3) is 22.2 Å². The largest absolute Gasteiger partial charge is 0.396 e. The average molecular weight is 490 g/mol. The normalized spacial score (nSPS) is 15.4. The van der Waals surface area contributed by atoms with E-state index in [2.05, 4.69) is 25.4 Å². The molecule has 3 aromatic heterocycles. The minimum Gasteiger partial charge on any atom is -0.396 e. The van der Waals surface area contributed by atoms with Gasteiger partial charge in [-0.05, 0) is 49.9 Å². The molecule has 1 saturated heterocycles. The van der Waals surface area contributed by atoms with Gasteiger partial charge >= 0.3 is 0 Å². The van der Waals surface area contributed by atoms with Gasteiger partial charge in [0.05, 0.1) is 41.4 Å². The number of nitrogens with zero attached hydrogens (tertiary/aromatic N) is 6. The average Bonchev–Trinajstić information content (AvgIpc) is 3.48. The molecule has 0 radical (unpaired) electrons. The van der Waals surface area contributed by atoms with Gasteiger partial charge in [0.2, 0.25) is 0 Å². The molecule has 1 aliphatic heterocycles. The van der Waals surface area contributed by atoms with Crippen molar-refractivity contribution in [2.45, 2.75) is 32.4 Å². The van der Waals surface area contributed by atoms with E-state index in [1.807, 2.05) is 31.4 Å². The van der Waals surface area contributed by atoms with E-state index >= 15 is 0 Å². The van der Waals surface area contributed by atoms with Gasteiger partial charge in [0.1, 0.15) is 5.69 Å². The second-order valence-corrected chi connectivity index (χ2v) is 9.51. The lowest BCUT2D eigenvalue weighted by Crippen LogP contribution is -2.35. The van der Waals surface area contributed by atoms with Gasteiger partial charge in [0.25, 0.3) is 5.91 Å². The van der Waals surface area contributed by atoms with Gasteiger partial charge in [-0.2, -0.15) is 10.2 Å². The lowest BCUT2D eigenvalue weighted by atomic mass is 9.97. The van der Waals surface area contributed by atoms with Gasteiger partial charge in [0.15, 0.2) is 0 Å². The Balaban J connectivity index is 1.41. The van der Waals surface area contributed by atoms with Crippen LogP contribution >= 0.6 is 0 Å². The molecular weight excluding hydrogens is 458 g/mol. The highest BCUT2D eigenvalue weighted by Crippen LogP contribution is 2.34. The molecule has 1 atom stereocenters. The number of piperidine rings is 1. The second-order valence-electron chi connectivity index (χ2n) is 9.51. The highest BCUT2D eigenvalue weighted by molar-refractivity contribution is 6.06. The molecular formula is C26H31N7O3. The molecule has 0 spiro atoms. The molecule has 4 aromatic rings. The molecule has 1 fully saturated rings. The molecule has 1 amide bonds. The Morgan fingerprint density at radius 3 is 2.78 bits per heavy atom. The van der Waals surface area contributed by atoms with Crippen LogP contribution in [0.1, 0.15) is 30.3 Å². The lowest BCUT2D eigenvalue weighted by molar-refractivity contribution is 0.102. The zero-order valence-corrected chi connectivity index (χ0v) is 20.5. The smallest absolute Gasteiger partial charge is 0.274 e. The first kappa shape index (κ1) is 24.0. The summed E-state index contributed by atoms with van der Waals surface area (Å²) in [7, 11) is 1.88. The number of nitrogens with one attached hydrogen (secondary N) is 1. The molecule has 0 saturated carbocycles. The molecule has 10 heteroatoms. The van der Waals surface area contributed by atoms with Crippen LogP contribution in [-0.4, -0.2) is 66.5 Å². The topological polar surface area (TPSA) is 121 Å². The fourth-order valence-electron chi connectivity index (χ4n) is 4.68. The molecule has 36 heavy (non-hydrogen) atoms. The number of aliphatic hydroxyl groups excluding tert-OH is 2. The third-order valence-electron chi connectivity index (χ3n) is 6.56.